The molecule has 1 fully saturated rings. The summed E-state index contributed by atoms with van der Waals surface area (Å²) in [7, 11) is 0. The molecule has 0 heterocycles. The summed E-state index contributed by atoms with van der Waals surface area (Å²) in [6, 6.07) is 4.85. The second-order valence-corrected chi connectivity index (χ2v) is 5.59. The lowest BCUT2D eigenvalue weighted by atomic mass is 9.99. The van der Waals surface area contributed by atoms with Crippen LogP contribution < -0.4 is 10.6 Å². The molecule has 122 valence electrons. The number of alkyl halides is 3. The van der Waals surface area contributed by atoms with Crippen molar-refractivity contribution in [3.8, 4) is 0 Å². The first kappa shape index (κ1) is 16.8. The lowest BCUT2D eigenvalue weighted by Gasteiger charge is -2.27. The molecule has 1 amide bonds. The third-order valence-electron chi connectivity index (χ3n) is 3.99. The van der Waals surface area contributed by atoms with Crippen molar-refractivity contribution < 1.29 is 23.1 Å². The highest BCUT2D eigenvalue weighted by molar-refractivity contribution is 5.93. The van der Waals surface area contributed by atoms with Crippen LogP contribution in [0.5, 0.6) is 0 Å². The molecule has 0 aromatic heterocycles. The van der Waals surface area contributed by atoms with Crippen molar-refractivity contribution in [2.75, 3.05) is 18.5 Å². The summed E-state index contributed by atoms with van der Waals surface area (Å²) in [4.78, 5) is 11.9. The van der Waals surface area contributed by atoms with Crippen LogP contribution in [-0.4, -0.2) is 29.7 Å². The number of hydrogen-bond acceptors (Lipinski definition) is 3. The van der Waals surface area contributed by atoms with Gasteiger partial charge in [-0.05, 0) is 25.0 Å². The molecule has 22 heavy (non-hydrogen) atoms. The van der Waals surface area contributed by atoms with Crippen molar-refractivity contribution in [1.82, 2.24) is 5.32 Å². The fourth-order valence-corrected chi connectivity index (χ4v) is 2.74. The number of anilines is 1. The van der Waals surface area contributed by atoms with Crippen molar-refractivity contribution >= 4 is 11.6 Å². The highest BCUT2D eigenvalue weighted by Crippen LogP contribution is 2.34. The molecule has 0 aliphatic heterocycles. The van der Waals surface area contributed by atoms with Crippen molar-refractivity contribution in [1.29, 1.82) is 0 Å². The maximum atomic E-state index is 12.8. The van der Waals surface area contributed by atoms with Crippen molar-refractivity contribution in [2.45, 2.75) is 37.4 Å². The number of halogens is 3. The van der Waals surface area contributed by atoms with Gasteiger partial charge in [0.05, 0.1) is 24.4 Å². The Bertz CT molecular complexity index is 526. The van der Waals surface area contributed by atoms with Crippen LogP contribution in [0.4, 0.5) is 18.9 Å². The Labute approximate surface area is 126 Å². The molecule has 1 aliphatic carbocycles. The Morgan fingerprint density at radius 1 is 1.23 bits per heavy atom. The molecular weight excluding hydrogens is 297 g/mol. The minimum absolute atomic E-state index is 0.0839. The van der Waals surface area contributed by atoms with Gasteiger partial charge in [-0.15, -0.1) is 0 Å². The molecule has 0 radical (unpaired) electrons. The van der Waals surface area contributed by atoms with Crippen LogP contribution in [0.1, 0.15) is 31.2 Å². The molecule has 0 spiro atoms. The zero-order chi connectivity index (χ0) is 16.2. The van der Waals surface area contributed by atoms with Gasteiger partial charge in [0, 0.05) is 5.54 Å². The van der Waals surface area contributed by atoms with E-state index in [-0.39, 0.29) is 18.8 Å². The maximum absolute atomic E-state index is 12.8. The third-order valence-corrected chi connectivity index (χ3v) is 3.99. The van der Waals surface area contributed by atoms with E-state index in [1.54, 1.807) is 0 Å². The number of hydrogen-bond donors (Lipinski definition) is 3. The van der Waals surface area contributed by atoms with Gasteiger partial charge in [-0.25, -0.2) is 0 Å². The quantitative estimate of drug-likeness (QED) is 0.782. The van der Waals surface area contributed by atoms with Gasteiger partial charge < -0.3 is 15.7 Å². The second-order valence-electron chi connectivity index (χ2n) is 5.59. The van der Waals surface area contributed by atoms with E-state index >= 15 is 0 Å². The molecule has 1 aromatic carbocycles. The Morgan fingerprint density at radius 2 is 1.86 bits per heavy atom. The molecule has 2 rings (SSSR count). The van der Waals surface area contributed by atoms with Gasteiger partial charge in [0.15, 0.2) is 0 Å². The topological polar surface area (TPSA) is 61.4 Å². The molecule has 0 bridgehead atoms. The molecule has 1 aliphatic rings. The summed E-state index contributed by atoms with van der Waals surface area (Å²) in [5.41, 5.74) is -1.62. The minimum Gasteiger partial charge on any atom is -0.394 e. The Morgan fingerprint density at radius 3 is 2.45 bits per heavy atom. The van der Waals surface area contributed by atoms with Crippen molar-refractivity contribution in [3.63, 3.8) is 0 Å². The smallest absolute Gasteiger partial charge is 0.394 e. The van der Waals surface area contributed by atoms with E-state index in [2.05, 4.69) is 10.6 Å². The van der Waals surface area contributed by atoms with Gasteiger partial charge in [-0.3, -0.25) is 4.79 Å². The fourth-order valence-electron chi connectivity index (χ4n) is 2.74. The van der Waals surface area contributed by atoms with Crippen LogP contribution in [-0.2, 0) is 11.0 Å². The molecule has 0 unspecified atom stereocenters. The minimum atomic E-state index is -4.52. The number of carbonyl (C=O) groups excluding carboxylic acids is 1. The summed E-state index contributed by atoms with van der Waals surface area (Å²) in [5, 5.41) is 14.7. The van der Waals surface area contributed by atoms with Crippen LogP contribution in [0.25, 0.3) is 0 Å². The number of nitrogens with one attached hydrogen (secondary N) is 2. The average Bonchev–Trinajstić information content (AvgIpc) is 2.94. The molecule has 7 heteroatoms. The van der Waals surface area contributed by atoms with Crippen molar-refractivity contribution in [2.24, 2.45) is 0 Å². The summed E-state index contributed by atoms with van der Waals surface area (Å²) in [6.07, 6.45) is -1.07. The molecular formula is C15H19F3N2O2. The number of para-hydroxylation sites is 1. The number of aliphatic hydroxyl groups excluding tert-OH is 1. The van der Waals surface area contributed by atoms with Gasteiger partial charge in [0.2, 0.25) is 5.91 Å². The van der Waals surface area contributed by atoms with E-state index < -0.39 is 23.2 Å². The predicted octanol–water partition coefficient (Wildman–Crippen LogP) is 2.54. The number of aliphatic hydroxyl groups is 1. The first-order chi connectivity index (χ1) is 10.4. The predicted molar refractivity (Wildman–Crippen MR) is 76.4 cm³/mol. The summed E-state index contributed by atoms with van der Waals surface area (Å²) in [5.74, 6) is -0.559. The Hall–Kier alpha value is -1.60. The van der Waals surface area contributed by atoms with Gasteiger partial charge in [0.25, 0.3) is 0 Å². The van der Waals surface area contributed by atoms with Gasteiger partial charge in [-0.2, -0.15) is 13.2 Å². The number of benzene rings is 1. The van der Waals surface area contributed by atoms with Crippen LogP contribution >= 0.6 is 0 Å². The molecule has 3 N–H and O–H groups in total. The fraction of sp³-hybridized carbons (Fsp3) is 0.533. The summed E-state index contributed by atoms with van der Waals surface area (Å²) < 4.78 is 38.5. The van der Waals surface area contributed by atoms with E-state index in [9.17, 15) is 23.1 Å². The first-order valence-corrected chi connectivity index (χ1v) is 7.18. The van der Waals surface area contributed by atoms with E-state index in [1.165, 1.54) is 18.2 Å². The lowest BCUT2D eigenvalue weighted by molar-refractivity contribution is -0.137. The van der Waals surface area contributed by atoms with E-state index in [4.69, 9.17) is 0 Å². The number of carbonyl (C=O) groups is 1. The molecule has 0 saturated heterocycles. The van der Waals surface area contributed by atoms with Crippen LogP contribution in [0.3, 0.4) is 0 Å². The molecule has 1 aromatic rings. The Kier molecular flexibility index (Phi) is 5.08. The molecule has 4 nitrogen and oxygen atoms in total. The SMILES string of the molecule is O=C(CNC1(CO)CCCC1)Nc1ccccc1C(F)(F)F. The standard InChI is InChI=1S/C15H19F3N2O2/c16-15(17,18)11-5-1-2-6-12(11)20-13(22)9-19-14(10-21)7-3-4-8-14/h1-2,5-6,19,21H,3-4,7-10H2,(H,20,22). The van der Waals surface area contributed by atoms with Crippen molar-refractivity contribution in [3.05, 3.63) is 29.8 Å². The lowest BCUT2D eigenvalue weighted by Crippen LogP contribution is -2.49. The summed E-state index contributed by atoms with van der Waals surface area (Å²) >= 11 is 0. The first-order valence-electron chi connectivity index (χ1n) is 7.18. The van der Waals surface area contributed by atoms with Gasteiger partial charge >= 0.3 is 6.18 Å². The van der Waals surface area contributed by atoms with Crippen LogP contribution in [0.2, 0.25) is 0 Å². The highest BCUT2D eigenvalue weighted by atomic mass is 19.4. The van der Waals surface area contributed by atoms with Crippen LogP contribution in [0.15, 0.2) is 24.3 Å². The van der Waals surface area contributed by atoms with E-state index in [1.807, 2.05) is 0 Å². The zero-order valence-electron chi connectivity index (χ0n) is 12.0. The maximum Gasteiger partial charge on any atom is 0.418 e. The number of amides is 1. The van der Waals surface area contributed by atoms with Crippen LogP contribution in [0, 0.1) is 0 Å². The van der Waals surface area contributed by atoms with E-state index in [0.717, 1.165) is 31.7 Å². The number of rotatable bonds is 5. The highest BCUT2D eigenvalue weighted by Gasteiger charge is 2.35. The monoisotopic (exact) mass is 316 g/mol. The Balaban J connectivity index is 1.98. The third kappa shape index (κ3) is 3.98. The largest absolute Gasteiger partial charge is 0.418 e. The average molecular weight is 316 g/mol. The van der Waals surface area contributed by atoms with E-state index in [0.29, 0.717) is 0 Å². The van der Waals surface area contributed by atoms with Gasteiger partial charge in [0.1, 0.15) is 0 Å². The van der Waals surface area contributed by atoms with Gasteiger partial charge in [-0.1, -0.05) is 25.0 Å². The molecule has 1 saturated carbocycles. The normalized spacial score (nSPS) is 17.5. The summed E-state index contributed by atoms with van der Waals surface area (Å²) in [6.45, 7) is -0.216. The second kappa shape index (κ2) is 6.66. The molecule has 0 atom stereocenters. The zero-order valence-corrected chi connectivity index (χ0v) is 12.0.